The van der Waals surface area contributed by atoms with Crippen molar-refractivity contribution in [3.63, 3.8) is 0 Å². The van der Waals surface area contributed by atoms with Gasteiger partial charge >= 0.3 is 0 Å². The van der Waals surface area contributed by atoms with Crippen molar-refractivity contribution in [3.8, 4) is 6.07 Å². The fraction of sp³-hybridized carbons (Fsp3) is 0.385. The SMILES string of the molecule is N#CC1(C(=O)Nc2c(Cl)cc(Cl)c3nsnc23)CCCC1. The van der Waals surface area contributed by atoms with E-state index in [4.69, 9.17) is 23.2 Å². The number of nitrogens with one attached hydrogen (secondary N) is 1. The van der Waals surface area contributed by atoms with Gasteiger partial charge in [-0.2, -0.15) is 14.0 Å². The highest BCUT2D eigenvalue weighted by Crippen LogP contribution is 2.41. The van der Waals surface area contributed by atoms with Crippen LogP contribution in [0, 0.1) is 16.7 Å². The first kappa shape index (κ1) is 14.5. The summed E-state index contributed by atoms with van der Waals surface area (Å²) in [6.45, 7) is 0. The van der Waals surface area contributed by atoms with Crippen molar-refractivity contribution >= 4 is 57.6 Å². The monoisotopic (exact) mass is 340 g/mol. The molecule has 1 aromatic carbocycles. The molecule has 1 aliphatic carbocycles. The average molecular weight is 341 g/mol. The number of fused-ring (bicyclic) bond motifs is 1. The summed E-state index contributed by atoms with van der Waals surface area (Å²) in [5.74, 6) is -0.332. The van der Waals surface area contributed by atoms with Gasteiger partial charge in [0.15, 0.2) is 0 Å². The Morgan fingerprint density at radius 2 is 1.95 bits per heavy atom. The quantitative estimate of drug-likeness (QED) is 0.895. The Hall–Kier alpha value is -1.42. The second kappa shape index (κ2) is 5.41. The molecule has 1 aliphatic rings. The van der Waals surface area contributed by atoms with Gasteiger partial charge in [-0.25, -0.2) is 0 Å². The van der Waals surface area contributed by atoms with Crippen LogP contribution in [0.3, 0.4) is 0 Å². The Labute approximate surface area is 135 Å². The highest BCUT2D eigenvalue weighted by molar-refractivity contribution is 7.00. The lowest BCUT2D eigenvalue weighted by Crippen LogP contribution is -2.32. The minimum Gasteiger partial charge on any atom is -0.321 e. The van der Waals surface area contributed by atoms with E-state index in [-0.39, 0.29) is 5.91 Å². The van der Waals surface area contributed by atoms with Crippen molar-refractivity contribution in [1.29, 1.82) is 5.26 Å². The molecule has 1 N–H and O–H groups in total. The Morgan fingerprint density at radius 1 is 1.29 bits per heavy atom. The fourth-order valence-corrected chi connectivity index (χ4v) is 3.75. The molecule has 0 saturated heterocycles. The lowest BCUT2D eigenvalue weighted by Gasteiger charge is -2.19. The molecule has 0 spiro atoms. The number of amides is 1. The molecule has 0 aliphatic heterocycles. The van der Waals surface area contributed by atoms with Gasteiger partial charge in [0.1, 0.15) is 16.4 Å². The lowest BCUT2D eigenvalue weighted by molar-refractivity contribution is -0.122. The van der Waals surface area contributed by atoms with Crippen LogP contribution in [0.2, 0.25) is 10.0 Å². The van der Waals surface area contributed by atoms with Gasteiger partial charge in [-0.3, -0.25) is 4.79 Å². The highest BCUT2D eigenvalue weighted by Gasteiger charge is 2.42. The Bertz CT molecular complexity index is 761. The Kier molecular flexibility index (Phi) is 3.74. The van der Waals surface area contributed by atoms with Gasteiger partial charge in [-0.15, -0.1) is 0 Å². The van der Waals surface area contributed by atoms with Gasteiger partial charge in [0, 0.05) is 0 Å². The first-order valence-corrected chi connectivity index (χ1v) is 7.89. The maximum absolute atomic E-state index is 12.5. The molecule has 108 valence electrons. The van der Waals surface area contributed by atoms with Crippen LogP contribution in [-0.2, 0) is 4.79 Å². The number of hydrogen-bond donors (Lipinski definition) is 1. The molecule has 21 heavy (non-hydrogen) atoms. The Morgan fingerprint density at radius 3 is 2.62 bits per heavy atom. The van der Waals surface area contributed by atoms with E-state index in [1.165, 1.54) is 6.07 Å². The largest absolute Gasteiger partial charge is 0.321 e. The molecule has 1 amide bonds. The molecule has 2 aromatic rings. The summed E-state index contributed by atoms with van der Waals surface area (Å²) in [5.41, 5.74) is 0.353. The van der Waals surface area contributed by atoms with Crippen LogP contribution in [0.5, 0.6) is 0 Å². The van der Waals surface area contributed by atoms with Gasteiger partial charge in [-0.1, -0.05) is 36.0 Å². The van der Waals surface area contributed by atoms with Crippen molar-refractivity contribution < 1.29 is 4.79 Å². The molecule has 5 nitrogen and oxygen atoms in total. The van der Waals surface area contributed by atoms with Gasteiger partial charge < -0.3 is 5.32 Å². The minimum absolute atomic E-state index is 0.291. The molecule has 0 bridgehead atoms. The third kappa shape index (κ3) is 2.35. The smallest absolute Gasteiger partial charge is 0.244 e. The van der Waals surface area contributed by atoms with E-state index in [2.05, 4.69) is 20.1 Å². The normalized spacial score (nSPS) is 16.8. The molecule has 0 radical (unpaired) electrons. The predicted molar refractivity (Wildman–Crippen MR) is 82.6 cm³/mol. The summed E-state index contributed by atoms with van der Waals surface area (Å²) >= 11 is 13.2. The Balaban J connectivity index is 2.01. The molecule has 3 rings (SSSR count). The van der Waals surface area contributed by atoms with Crippen LogP contribution >= 0.6 is 34.9 Å². The zero-order valence-corrected chi connectivity index (χ0v) is 13.1. The molecular formula is C13H10Cl2N4OS. The fourth-order valence-electron chi connectivity index (χ4n) is 2.59. The third-order valence-corrected chi connectivity index (χ3v) is 4.90. The number of carbonyl (C=O) groups excluding carboxylic acids is 1. The number of halogens is 2. The predicted octanol–water partition coefficient (Wildman–Crippen LogP) is 4.02. The second-order valence-electron chi connectivity index (χ2n) is 5.03. The first-order chi connectivity index (χ1) is 10.1. The zero-order chi connectivity index (χ0) is 15.0. The van der Waals surface area contributed by atoms with Gasteiger partial charge in [-0.05, 0) is 18.9 Å². The van der Waals surface area contributed by atoms with E-state index < -0.39 is 5.41 Å². The van der Waals surface area contributed by atoms with Crippen LogP contribution in [0.25, 0.3) is 11.0 Å². The highest BCUT2D eigenvalue weighted by atomic mass is 35.5. The second-order valence-corrected chi connectivity index (χ2v) is 6.37. The maximum Gasteiger partial charge on any atom is 0.244 e. The van der Waals surface area contributed by atoms with Crippen LogP contribution in [-0.4, -0.2) is 14.7 Å². The van der Waals surface area contributed by atoms with E-state index >= 15 is 0 Å². The molecule has 8 heteroatoms. The number of benzene rings is 1. The summed E-state index contributed by atoms with van der Waals surface area (Å²) in [7, 11) is 0. The maximum atomic E-state index is 12.5. The van der Waals surface area contributed by atoms with Crippen molar-refractivity contribution in [2.75, 3.05) is 5.32 Å². The number of anilines is 1. The number of rotatable bonds is 2. The van der Waals surface area contributed by atoms with E-state index in [1.807, 2.05) is 0 Å². The van der Waals surface area contributed by atoms with Crippen molar-refractivity contribution in [3.05, 3.63) is 16.1 Å². The van der Waals surface area contributed by atoms with Crippen LogP contribution < -0.4 is 5.32 Å². The third-order valence-electron chi connectivity index (χ3n) is 3.79. The van der Waals surface area contributed by atoms with Crippen molar-refractivity contribution in [2.24, 2.45) is 5.41 Å². The van der Waals surface area contributed by atoms with E-state index in [1.54, 1.807) is 0 Å². The van der Waals surface area contributed by atoms with Crippen LogP contribution in [0.4, 0.5) is 5.69 Å². The van der Waals surface area contributed by atoms with Gasteiger partial charge in [0.05, 0.1) is 33.5 Å². The summed E-state index contributed by atoms with van der Waals surface area (Å²) in [6, 6.07) is 3.68. The first-order valence-electron chi connectivity index (χ1n) is 6.40. The summed E-state index contributed by atoms with van der Waals surface area (Å²) < 4.78 is 8.22. The van der Waals surface area contributed by atoms with E-state index in [9.17, 15) is 10.1 Å². The number of hydrogen-bond acceptors (Lipinski definition) is 5. The number of nitriles is 1. The molecule has 1 fully saturated rings. The standard InChI is InChI=1S/C13H10Cl2N4OS/c14-7-5-8(15)10-11(19-21-18-10)9(7)17-12(20)13(6-16)3-1-2-4-13/h5H,1-4H2,(H,17,20). The molecule has 0 unspecified atom stereocenters. The van der Waals surface area contributed by atoms with E-state index in [0.717, 1.165) is 24.6 Å². The number of carbonyl (C=O) groups is 1. The topological polar surface area (TPSA) is 78.7 Å². The van der Waals surface area contributed by atoms with Gasteiger partial charge in [0.25, 0.3) is 0 Å². The molecule has 1 saturated carbocycles. The van der Waals surface area contributed by atoms with Crippen molar-refractivity contribution in [2.45, 2.75) is 25.7 Å². The van der Waals surface area contributed by atoms with Gasteiger partial charge in [0.2, 0.25) is 5.91 Å². The molecule has 0 atom stereocenters. The summed E-state index contributed by atoms with van der Waals surface area (Å²) in [4.78, 5) is 12.5. The van der Waals surface area contributed by atoms with Crippen LogP contribution in [0.1, 0.15) is 25.7 Å². The summed E-state index contributed by atoms with van der Waals surface area (Å²) in [5, 5.41) is 12.8. The minimum atomic E-state index is -0.973. The summed E-state index contributed by atoms with van der Waals surface area (Å²) in [6.07, 6.45) is 2.89. The zero-order valence-electron chi connectivity index (χ0n) is 10.8. The van der Waals surface area contributed by atoms with Crippen LogP contribution in [0.15, 0.2) is 6.07 Å². The van der Waals surface area contributed by atoms with Crippen molar-refractivity contribution in [1.82, 2.24) is 8.75 Å². The van der Waals surface area contributed by atoms with E-state index in [0.29, 0.717) is 39.6 Å². The number of nitrogens with zero attached hydrogens (tertiary/aromatic N) is 3. The molecular weight excluding hydrogens is 331 g/mol. The number of aromatic nitrogens is 2. The lowest BCUT2D eigenvalue weighted by atomic mass is 9.87. The average Bonchev–Trinajstić information content (AvgIpc) is 3.12. The molecule has 1 aromatic heterocycles. The molecule has 1 heterocycles.